The summed E-state index contributed by atoms with van der Waals surface area (Å²) in [4.78, 5) is 30.5. The molecule has 0 bridgehead atoms. The Kier molecular flexibility index (Phi) is 4.14. The molecule has 0 saturated carbocycles. The highest BCUT2D eigenvalue weighted by Gasteiger charge is 2.43. The molecule has 2 aromatic heterocycles. The van der Waals surface area contributed by atoms with Gasteiger partial charge >= 0.3 is 5.97 Å². The molecule has 7 heteroatoms. The Balaban J connectivity index is 1.69. The SMILES string of the molecule is O=C(O)c1ccc(N2C(=O)c3[nH]nc(-c4ccccc4)c3C2c2cccnc2)cc1. The second-order valence-electron chi connectivity index (χ2n) is 6.94. The number of carbonyl (C=O) groups excluding carboxylic acids is 1. The van der Waals surface area contributed by atoms with Gasteiger partial charge in [0.15, 0.2) is 0 Å². The van der Waals surface area contributed by atoms with E-state index in [1.165, 1.54) is 12.1 Å². The zero-order valence-corrected chi connectivity index (χ0v) is 15.7. The van der Waals surface area contributed by atoms with Crippen molar-refractivity contribution in [3.63, 3.8) is 0 Å². The maximum atomic E-state index is 13.4. The number of H-pyrrole nitrogens is 1. The van der Waals surface area contributed by atoms with Gasteiger partial charge in [-0.3, -0.25) is 19.8 Å². The van der Waals surface area contributed by atoms with Crippen LogP contribution in [0.15, 0.2) is 79.1 Å². The molecule has 1 aliphatic rings. The van der Waals surface area contributed by atoms with Crippen molar-refractivity contribution in [2.45, 2.75) is 6.04 Å². The van der Waals surface area contributed by atoms with Crippen LogP contribution in [-0.4, -0.2) is 32.2 Å². The molecule has 1 aliphatic heterocycles. The Morgan fingerprint density at radius 1 is 1.00 bits per heavy atom. The molecule has 1 unspecified atom stereocenters. The van der Waals surface area contributed by atoms with Crippen molar-refractivity contribution < 1.29 is 14.7 Å². The van der Waals surface area contributed by atoms with Gasteiger partial charge in [-0.15, -0.1) is 0 Å². The lowest BCUT2D eigenvalue weighted by Gasteiger charge is -2.26. The summed E-state index contributed by atoms with van der Waals surface area (Å²) < 4.78 is 0. The number of aromatic nitrogens is 3. The maximum Gasteiger partial charge on any atom is 0.335 e. The summed E-state index contributed by atoms with van der Waals surface area (Å²) in [7, 11) is 0. The number of carboxylic acids is 1. The third-order valence-electron chi connectivity index (χ3n) is 5.21. The van der Waals surface area contributed by atoms with E-state index in [1.807, 2.05) is 42.5 Å². The number of carboxylic acid groups (broad SMARTS) is 1. The van der Waals surface area contributed by atoms with Gasteiger partial charge < -0.3 is 5.11 Å². The molecule has 0 radical (unpaired) electrons. The van der Waals surface area contributed by atoms with E-state index in [4.69, 9.17) is 0 Å². The van der Waals surface area contributed by atoms with Gasteiger partial charge in [0.25, 0.3) is 5.91 Å². The fraction of sp³-hybridized carbons (Fsp3) is 0.0435. The second-order valence-corrected chi connectivity index (χ2v) is 6.94. The normalized spacial score (nSPS) is 15.3. The Morgan fingerprint density at radius 2 is 1.77 bits per heavy atom. The minimum Gasteiger partial charge on any atom is -0.478 e. The molecular weight excluding hydrogens is 380 g/mol. The van der Waals surface area contributed by atoms with Crippen LogP contribution in [0.4, 0.5) is 5.69 Å². The predicted octanol–water partition coefficient (Wildman–Crippen LogP) is 3.92. The highest BCUT2D eigenvalue weighted by molar-refractivity contribution is 6.11. The first kappa shape index (κ1) is 17.8. The molecule has 3 heterocycles. The molecule has 2 N–H and O–H groups in total. The van der Waals surface area contributed by atoms with Gasteiger partial charge in [0.1, 0.15) is 5.69 Å². The average Bonchev–Trinajstić information content (AvgIpc) is 3.34. The number of hydrogen-bond acceptors (Lipinski definition) is 4. The number of carbonyl (C=O) groups is 2. The van der Waals surface area contributed by atoms with Crippen molar-refractivity contribution in [2.24, 2.45) is 0 Å². The summed E-state index contributed by atoms with van der Waals surface area (Å²) in [6.45, 7) is 0. The molecule has 4 aromatic rings. The molecule has 0 fully saturated rings. The summed E-state index contributed by atoms with van der Waals surface area (Å²) in [5.41, 5.74) is 4.41. The Bertz CT molecular complexity index is 1230. The fourth-order valence-corrected chi connectivity index (χ4v) is 3.85. The van der Waals surface area contributed by atoms with Gasteiger partial charge in [-0.1, -0.05) is 36.4 Å². The highest BCUT2D eigenvalue weighted by Crippen LogP contribution is 2.44. The molecule has 1 atom stereocenters. The van der Waals surface area contributed by atoms with Crippen LogP contribution in [0.2, 0.25) is 0 Å². The third-order valence-corrected chi connectivity index (χ3v) is 5.21. The minimum atomic E-state index is -1.01. The molecule has 1 amide bonds. The number of rotatable bonds is 4. The van der Waals surface area contributed by atoms with E-state index in [0.717, 1.165) is 16.7 Å². The first-order valence-electron chi connectivity index (χ1n) is 9.35. The van der Waals surface area contributed by atoms with Gasteiger partial charge in [0, 0.05) is 29.2 Å². The predicted molar refractivity (Wildman–Crippen MR) is 110 cm³/mol. The molecule has 0 spiro atoms. The van der Waals surface area contributed by atoms with Gasteiger partial charge in [0.05, 0.1) is 17.3 Å². The zero-order chi connectivity index (χ0) is 20.7. The number of fused-ring (bicyclic) bond motifs is 1. The summed E-state index contributed by atoms with van der Waals surface area (Å²) in [6, 6.07) is 19.3. The summed E-state index contributed by atoms with van der Waals surface area (Å²) >= 11 is 0. The Hall–Kier alpha value is -4.26. The van der Waals surface area contributed by atoms with Crippen molar-refractivity contribution in [2.75, 3.05) is 4.90 Å². The highest BCUT2D eigenvalue weighted by atomic mass is 16.4. The quantitative estimate of drug-likeness (QED) is 0.545. The Morgan fingerprint density at radius 3 is 2.43 bits per heavy atom. The minimum absolute atomic E-state index is 0.161. The largest absolute Gasteiger partial charge is 0.478 e. The fourth-order valence-electron chi connectivity index (χ4n) is 3.85. The number of hydrogen-bond donors (Lipinski definition) is 2. The number of anilines is 1. The monoisotopic (exact) mass is 396 g/mol. The van der Waals surface area contributed by atoms with Gasteiger partial charge in [-0.2, -0.15) is 5.10 Å². The lowest BCUT2D eigenvalue weighted by molar-refractivity contribution is 0.0696. The van der Waals surface area contributed by atoms with Crippen molar-refractivity contribution in [3.05, 3.63) is 102 Å². The number of benzene rings is 2. The molecule has 5 rings (SSSR count). The molecule has 146 valence electrons. The average molecular weight is 396 g/mol. The van der Waals surface area contributed by atoms with E-state index >= 15 is 0 Å². The first-order valence-corrected chi connectivity index (χ1v) is 9.35. The Labute approximate surface area is 171 Å². The second kappa shape index (κ2) is 6.97. The number of nitrogens with zero attached hydrogens (tertiary/aromatic N) is 3. The number of amides is 1. The number of pyridine rings is 1. The van der Waals surface area contributed by atoms with E-state index in [2.05, 4.69) is 15.2 Å². The molecule has 0 saturated heterocycles. The van der Waals surface area contributed by atoms with Crippen LogP contribution >= 0.6 is 0 Å². The van der Waals surface area contributed by atoms with Crippen LogP contribution in [0.3, 0.4) is 0 Å². The molecule has 2 aromatic carbocycles. The van der Waals surface area contributed by atoms with Crippen molar-refractivity contribution in [1.82, 2.24) is 15.2 Å². The lowest BCUT2D eigenvalue weighted by Crippen LogP contribution is -2.29. The first-order chi connectivity index (χ1) is 14.6. The van der Waals surface area contributed by atoms with Crippen LogP contribution in [0.25, 0.3) is 11.3 Å². The molecule has 30 heavy (non-hydrogen) atoms. The van der Waals surface area contributed by atoms with Crippen LogP contribution in [0.1, 0.15) is 38.0 Å². The van der Waals surface area contributed by atoms with E-state index in [1.54, 1.807) is 29.4 Å². The summed E-state index contributed by atoms with van der Waals surface area (Å²) in [5.74, 6) is -1.24. The van der Waals surface area contributed by atoms with Crippen LogP contribution < -0.4 is 4.90 Å². The summed E-state index contributed by atoms with van der Waals surface area (Å²) in [5, 5.41) is 16.5. The molecule has 0 aliphatic carbocycles. The van der Waals surface area contributed by atoms with E-state index < -0.39 is 12.0 Å². The number of aromatic carboxylic acids is 1. The van der Waals surface area contributed by atoms with Crippen molar-refractivity contribution in [3.8, 4) is 11.3 Å². The van der Waals surface area contributed by atoms with Crippen molar-refractivity contribution in [1.29, 1.82) is 0 Å². The van der Waals surface area contributed by atoms with Crippen LogP contribution in [-0.2, 0) is 0 Å². The molecule has 7 nitrogen and oxygen atoms in total. The van der Waals surface area contributed by atoms with E-state index in [9.17, 15) is 14.7 Å². The standard InChI is InChI=1S/C23H16N4O3/c28-22-20-18(19(25-26-20)14-5-2-1-3-6-14)21(16-7-4-12-24-13-16)27(22)17-10-8-15(9-11-17)23(29)30/h1-13,21H,(H,25,26)(H,29,30). The van der Waals surface area contributed by atoms with Gasteiger partial charge in [-0.25, -0.2) is 4.79 Å². The van der Waals surface area contributed by atoms with Crippen molar-refractivity contribution >= 4 is 17.6 Å². The lowest BCUT2D eigenvalue weighted by atomic mass is 9.97. The van der Waals surface area contributed by atoms with E-state index in [0.29, 0.717) is 17.1 Å². The topological polar surface area (TPSA) is 99.2 Å². The van der Waals surface area contributed by atoms with Crippen LogP contribution in [0.5, 0.6) is 0 Å². The maximum absolute atomic E-state index is 13.4. The number of nitrogens with one attached hydrogen (secondary N) is 1. The number of aromatic amines is 1. The van der Waals surface area contributed by atoms with E-state index in [-0.39, 0.29) is 11.5 Å². The van der Waals surface area contributed by atoms with Crippen LogP contribution in [0, 0.1) is 0 Å². The van der Waals surface area contributed by atoms with Gasteiger partial charge in [-0.05, 0) is 35.9 Å². The third kappa shape index (κ3) is 2.76. The summed E-state index contributed by atoms with van der Waals surface area (Å²) in [6.07, 6.45) is 3.41. The zero-order valence-electron chi connectivity index (χ0n) is 15.7. The molecular formula is C23H16N4O3. The van der Waals surface area contributed by atoms with Gasteiger partial charge in [0.2, 0.25) is 0 Å². The smallest absolute Gasteiger partial charge is 0.335 e.